The van der Waals surface area contributed by atoms with Gasteiger partial charge in [0.2, 0.25) is 0 Å². The normalized spacial score (nSPS) is 27.8. The lowest BCUT2D eigenvalue weighted by molar-refractivity contribution is -0.143. The van der Waals surface area contributed by atoms with Crippen LogP contribution < -0.4 is 0 Å². The molecule has 2 aliphatic rings. The maximum atomic E-state index is 10.5. The van der Waals surface area contributed by atoms with Gasteiger partial charge in [-0.2, -0.15) is 10.5 Å². The summed E-state index contributed by atoms with van der Waals surface area (Å²) in [6.45, 7) is -0.750. The SMILES string of the molecule is N#CC1CCC(C(=O)O)CC1.N#CC1CCC(C(=O)O)CC1.OCO. The summed E-state index contributed by atoms with van der Waals surface area (Å²) < 4.78 is 0. The molecule has 2 aliphatic carbocycles. The number of aliphatic hydroxyl groups is 2. The first kappa shape index (κ1) is 22.8. The van der Waals surface area contributed by atoms with Gasteiger partial charge in [-0.25, -0.2) is 0 Å². The third-order valence-corrected chi connectivity index (χ3v) is 4.52. The second-order valence-electron chi connectivity index (χ2n) is 6.17. The van der Waals surface area contributed by atoms with E-state index in [4.69, 9.17) is 30.9 Å². The van der Waals surface area contributed by atoms with Crippen molar-refractivity contribution < 1.29 is 30.0 Å². The second-order valence-corrected chi connectivity index (χ2v) is 6.17. The van der Waals surface area contributed by atoms with E-state index in [1.165, 1.54) is 0 Å². The van der Waals surface area contributed by atoms with Gasteiger partial charge in [0.25, 0.3) is 0 Å². The molecule has 0 aliphatic heterocycles. The van der Waals surface area contributed by atoms with E-state index >= 15 is 0 Å². The molecule has 0 aromatic rings. The fraction of sp³-hybridized carbons (Fsp3) is 0.765. The molecule has 0 atom stereocenters. The van der Waals surface area contributed by atoms with Gasteiger partial charge in [0.05, 0.1) is 24.0 Å². The molecule has 0 amide bonds. The fourth-order valence-electron chi connectivity index (χ4n) is 2.94. The molecule has 0 saturated heterocycles. The Morgan fingerprint density at radius 1 is 0.720 bits per heavy atom. The van der Waals surface area contributed by atoms with Gasteiger partial charge >= 0.3 is 11.9 Å². The summed E-state index contributed by atoms with van der Waals surface area (Å²) in [5, 5.41) is 48.5. The van der Waals surface area contributed by atoms with E-state index in [2.05, 4.69) is 12.1 Å². The molecule has 25 heavy (non-hydrogen) atoms. The molecule has 2 fully saturated rings. The molecule has 2 saturated carbocycles. The average molecular weight is 354 g/mol. The zero-order valence-corrected chi connectivity index (χ0v) is 14.2. The van der Waals surface area contributed by atoms with Crippen LogP contribution in [0.2, 0.25) is 0 Å². The van der Waals surface area contributed by atoms with Crippen LogP contribution in [0.25, 0.3) is 0 Å². The number of nitriles is 2. The highest BCUT2D eigenvalue weighted by molar-refractivity contribution is 5.70. The van der Waals surface area contributed by atoms with Crippen LogP contribution in [0.5, 0.6) is 0 Å². The van der Waals surface area contributed by atoms with Gasteiger partial charge in [-0.1, -0.05) is 0 Å². The van der Waals surface area contributed by atoms with E-state index in [9.17, 15) is 9.59 Å². The van der Waals surface area contributed by atoms with Crippen molar-refractivity contribution >= 4 is 11.9 Å². The highest BCUT2D eigenvalue weighted by atomic mass is 16.5. The molecular formula is C17H26N2O6. The Kier molecular flexibility index (Phi) is 12.0. The van der Waals surface area contributed by atoms with Crippen molar-refractivity contribution in [3.05, 3.63) is 0 Å². The lowest BCUT2D eigenvalue weighted by atomic mass is 9.83. The summed E-state index contributed by atoms with van der Waals surface area (Å²) in [5.74, 6) is -1.60. The Labute approximate surface area is 147 Å². The highest BCUT2D eigenvalue weighted by Gasteiger charge is 2.26. The predicted octanol–water partition coefficient (Wildman–Crippen LogP) is 1.73. The zero-order chi connectivity index (χ0) is 19.2. The number of carboxylic acid groups (broad SMARTS) is 2. The summed E-state index contributed by atoms with van der Waals surface area (Å²) in [7, 11) is 0. The molecule has 0 unspecified atom stereocenters. The largest absolute Gasteiger partial charge is 0.481 e. The van der Waals surface area contributed by atoms with E-state index in [1.807, 2.05) is 0 Å². The molecule has 0 radical (unpaired) electrons. The Morgan fingerprint density at radius 3 is 1.12 bits per heavy atom. The van der Waals surface area contributed by atoms with Gasteiger partial charge < -0.3 is 20.4 Å². The van der Waals surface area contributed by atoms with E-state index in [0.717, 1.165) is 25.7 Å². The summed E-state index contributed by atoms with van der Waals surface area (Å²) >= 11 is 0. The lowest BCUT2D eigenvalue weighted by Crippen LogP contribution is -2.20. The van der Waals surface area contributed by atoms with Gasteiger partial charge in [0.15, 0.2) is 0 Å². The molecule has 0 bridgehead atoms. The van der Waals surface area contributed by atoms with E-state index in [-0.39, 0.29) is 23.7 Å². The number of carboxylic acids is 2. The summed E-state index contributed by atoms with van der Waals surface area (Å²) in [6.07, 6.45) is 5.73. The molecule has 140 valence electrons. The van der Waals surface area contributed by atoms with Crippen LogP contribution in [0.1, 0.15) is 51.4 Å². The summed E-state index contributed by atoms with van der Waals surface area (Å²) in [5.41, 5.74) is 0. The molecular weight excluding hydrogens is 328 g/mol. The third kappa shape index (κ3) is 9.65. The Hall–Kier alpha value is -2.16. The average Bonchev–Trinajstić information content (AvgIpc) is 2.63. The second kappa shape index (κ2) is 13.2. The summed E-state index contributed by atoms with van der Waals surface area (Å²) in [6, 6.07) is 4.34. The first-order valence-corrected chi connectivity index (χ1v) is 8.36. The van der Waals surface area contributed by atoms with Crippen molar-refractivity contribution in [3.63, 3.8) is 0 Å². The number of nitrogens with zero attached hydrogens (tertiary/aromatic N) is 2. The minimum atomic E-state index is -0.750. The zero-order valence-electron chi connectivity index (χ0n) is 14.2. The minimum absolute atomic E-state index is 0.102. The molecule has 8 heteroatoms. The van der Waals surface area contributed by atoms with Gasteiger partial charge in [-0.15, -0.1) is 0 Å². The number of hydrogen-bond donors (Lipinski definition) is 4. The quantitative estimate of drug-likeness (QED) is 0.545. The molecule has 0 heterocycles. The number of carbonyl (C=O) groups is 2. The first-order valence-electron chi connectivity index (χ1n) is 8.36. The third-order valence-electron chi connectivity index (χ3n) is 4.52. The molecule has 8 nitrogen and oxygen atoms in total. The van der Waals surface area contributed by atoms with Crippen LogP contribution >= 0.6 is 0 Å². The standard InChI is InChI=1S/2C8H11NO2.CH4O2/c2*9-5-6-1-3-7(4-2-6)8(10)11;2-1-3/h2*6-7H,1-4H2,(H,10,11);2-3H,1H2. The van der Waals surface area contributed by atoms with Crippen LogP contribution in [-0.4, -0.2) is 39.2 Å². The smallest absolute Gasteiger partial charge is 0.306 e. The van der Waals surface area contributed by atoms with Crippen molar-refractivity contribution in [2.45, 2.75) is 51.4 Å². The van der Waals surface area contributed by atoms with Gasteiger partial charge in [-0.3, -0.25) is 9.59 Å². The van der Waals surface area contributed by atoms with Crippen molar-refractivity contribution in [1.82, 2.24) is 0 Å². The molecule has 0 spiro atoms. The van der Waals surface area contributed by atoms with Crippen molar-refractivity contribution in [2.24, 2.45) is 23.7 Å². The summed E-state index contributed by atoms with van der Waals surface area (Å²) in [4.78, 5) is 20.9. The van der Waals surface area contributed by atoms with Gasteiger partial charge in [-0.05, 0) is 51.4 Å². The highest BCUT2D eigenvalue weighted by Crippen LogP contribution is 2.28. The molecule has 4 N–H and O–H groups in total. The van der Waals surface area contributed by atoms with Crippen molar-refractivity contribution in [3.8, 4) is 12.1 Å². The maximum Gasteiger partial charge on any atom is 0.306 e. The van der Waals surface area contributed by atoms with Gasteiger partial charge in [0.1, 0.15) is 6.79 Å². The maximum absolute atomic E-state index is 10.5. The number of hydrogen-bond acceptors (Lipinski definition) is 6. The van der Waals surface area contributed by atoms with Crippen LogP contribution in [-0.2, 0) is 9.59 Å². The number of aliphatic hydroxyl groups excluding tert-OH is 1. The van der Waals surface area contributed by atoms with Crippen LogP contribution in [0.15, 0.2) is 0 Å². The molecule has 0 aromatic heterocycles. The Morgan fingerprint density at radius 2 is 0.960 bits per heavy atom. The molecule has 0 aromatic carbocycles. The van der Waals surface area contributed by atoms with E-state index in [0.29, 0.717) is 25.7 Å². The number of rotatable bonds is 2. The van der Waals surface area contributed by atoms with Crippen LogP contribution in [0.4, 0.5) is 0 Å². The van der Waals surface area contributed by atoms with Crippen LogP contribution in [0.3, 0.4) is 0 Å². The van der Waals surface area contributed by atoms with Crippen LogP contribution in [0, 0.1) is 46.3 Å². The predicted molar refractivity (Wildman–Crippen MR) is 86.7 cm³/mol. The first-order chi connectivity index (χ1) is 11.9. The lowest BCUT2D eigenvalue weighted by Gasteiger charge is -2.20. The Bertz CT molecular complexity index is 436. The fourth-order valence-corrected chi connectivity index (χ4v) is 2.94. The number of aliphatic carboxylic acids is 2. The van der Waals surface area contributed by atoms with Crippen molar-refractivity contribution in [2.75, 3.05) is 6.79 Å². The minimum Gasteiger partial charge on any atom is -0.481 e. The molecule has 2 rings (SSSR count). The Balaban J connectivity index is 0.000000399. The van der Waals surface area contributed by atoms with E-state index in [1.54, 1.807) is 0 Å². The van der Waals surface area contributed by atoms with Gasteiger partial charge in [0, 0.05) is 11.8 Å². The topological polar surface area (TPSA) is 163 Å². The van der Waals surface area contributed by atoms with Crippen molar-refractivity contribution in [1.29, 1.82) is 10.5 Å². The van der Waals surface area contributed by atoms with E-state index < -0.39 is 18.7 Å². The monoisotopic (exact) mass is 354 g/mol.